The van der Waals surface area contributed by atoms with E-state index in [4.69, 9.17) is 10.2 Å². The van der Waals surface area contributed by atoms with Crippen LogP contribution < -0.4 is 5.32 Å². The highest BCUT2D eigenvalue weighted by atomic mass is 16.4. The molecule has 0 bridgehead atoms. The van der Waals surface area contributed by atoms with Crippen molar-refractivity contribution in [3.8, 4) is 0 Å². The van der Waals surface area contributed by atoms with Gasteiger partial charge in [0.25, 0.3) is 0 Å². The third-order valence-corrected chi connectivity index (χ3v) is 2.72. The van der Waals surface area contributed by atoms with Crippen molar-refractivity contribution in [2.24, 2.45) is 11.8 Å². The largest absolute Gasteiger partial charge is 0.481 e. The number of carboxylic acids is 2. The quantitative estimate of drug-likeness (QED) is 0.598. The van der Waals surface area contributed by atoms with E-state index in [1.165, 1.54) is 0 Å². The average molecular weight is 241 g/mol. The van der Waals surface area contributed by atoms with Crippen LogP contribution in [-0.2, 0) is 14.4 Å². The zero-order chi connectivity index (χ0) is 12.8. The molecule has 0 unspecified atom stereocenters. The maximum Gasteiger partial charge on any atom is 0.307 e. The van der Waals surface area contributed by atoms with Crippen LogP contribution in [0.4, 0.5) is 0 Å². The molecule has 0 saturated carbocycles. The normalized spacial score (nSPS) is 23.1. The number of aliphatic carboxylic acids is 2. The zero-order valence-corrected chi connectivity index (χ0v) is 9.26. The van der Waals surface area contributed by atoms with Crippen LogP contribution in [0.25, 0.3) is 0 Å². The molecule has 0 aromatic rings. The lowest BCUT2D eigenvalue weighted by atomic mass is 9.82. The van der Waals surface area contributed by atoms with Gasteiger partial charge in [0, 0.05) is 6.54 Å². The fourth-order valence-electron chi connectivity index (χ4n) is 1.80. The Labute approximate surface area is 98.3 Å². The van der Waals surface area contributed by atoms with Crippen LogP contribution in [0, 0.1) is 11.8 Å². The van der Waals surface area contributed by atoms with Crippen molar-refractivity contribution in [1.29, 1.82) is 0 Å². The predicted molar refractivity (Wildman–Crippen MR) is 58.3 cm³/mol. The molecule has 94 valence electrons. The second kappa shape index (κ2) is 6.03. The standard InChI is InChI=1S/C11H15NO5/c13-9(14)5-6-12-10(15)7-3-1-2-4-8(7)11(16)17/h1-2,7-8H,3-6H2,(H,12,15)(H,13,14)(H,16,17)/t7-,8+/m1/s1. The van der Waals surface area contributed by atoms with Crippen LogP contribution in [0.3, 0.4) is 0 Å². The fraction of sp³-hybridized carbons (Fsp3) is 0.545. The molecule has 1 rings (SSSR count). The number of hydrogen-bond donors (Lipinski definition) is 3. The molecular weight excluding hydrogens is 226 g/mol. The molecule has 2 atom stereocenters. The van der Waals surface area contributed by atoms with E-state index in [1.807, 2.05) is 0 Å². The minimum Gasteiger partial charge on any atom is -0.481 e. The minimum atomic E-state index is -0.997. The van der Waals surface area contributed by atoms with E-state index >= 15 is 0 Å². The molecule has 0 saturated heterocycles. The van der Waals surface area contributed by atoms with Crippen molar-refractivity contribution in [1.82, 2.24) is 5.32 Å². The van der Waals surface area contributed by atoms with E-state index in [1.54, 1.807) is 12.2 Å². The van der Waals surface area contributed by atoms with Gasteiger partial charge < -0.3 is 15.5 Å². The van der Waals surface area contributed by atoms with Gasteiger partial charge in [0.2, 0.25) is 5.91 Å². The molecular formula is C11H15NO5. The molecule has 0 spiro atoms. The summed E-state index contributed by atoms with van der Waals surface area (Å²) in [5.41, 5.74) is 0. The summed E-state index contributed by atoms with van der Waals surface area (Å²) < 4.78 is 0. The van der Waals surface area contributed by atoms with Crippen LogP contribution in [-0.4, -0.2) is 34.6 Å². The van der Waals surface area contributed by atoms with E-state index in [0.717, 1.165) is 0 Å². The monoisotopic (exact) mass is 241 g/mol. The molecule has 0 aromatic carbocycles. The lowest BCUT2D eigenvalue weighted by molar-refractivity contribution is -0.147. The Bertz CT molecular complexity index is 350. The van der Waals surface area contributed by atoms with Gasteiger partial charge in [0.15, 0.2) is 0 Å². The second-order valence-electron chi connectivity index (χ2n) is 3.93. The van der Waals surface area contributed by atoms with Gasteiger partial charge in [-0.2, -0.15) is 0 Å². The summed E-state index contributed by atoms with van der Waals surface area (Å²) in [5.74, 6) is -3.70. The van der Waals surface area contributed by atoms with E-state index in [-0.39, 0.29) is 18.9 Å². The first-order valence-electron chi connectivity index (χ1n) is 5.39. The first-order chi connectivity index (χ1) is 8.02. The second-order valence-corrected chi connectivity index (χ2v) is 3.93. The highest BCUT2D eigenvalue weighted by Gasteiger charge is 2.33. The van der Waals surface area contributed by atoms with Crippen molar-refractivity contribution in [3.63, 3.8) is 0 Å². The predicted octanol–water partition coefficient (Wildman–Crippen LogP) is 0.244. The van der Waals surface area contributed by atoms with E-state index in [0.29, 0.717) is 12.8 Å². The van der Waals surface area contributed by atoms with E-state index in [2.05, 4.69) is 5.32 Å². The minimum absolute atomic E-state index is 0.0285. The van der Waals surface area contributed by atoms with Gasteiger partial charge in [0.1, 0.15) is 0 Å². The third-order valence-electron chi connectivity index (χ3n) is 2.72. The Kier molecular flexibility index (Phi) is 4.68. The molecule has 6 heteroatoms. The van der Waals surface area contributed by atoms with Crippen molar-refractivity contribution in [2.75, 3.05) is 6.54 Å². The molecule has 0 aliphatic heterocycles. The van der Waals surface area contributed by atoms with Gasteiger partial charge in [-0.05, 0) is 12.8 Å². The molecule has 1 aliphatic rings. The summed E-state index contributed by atoms with van der Waals surface area (Å²) in [5, 5.41) is 19.8. The van der Waals surface area contributed by atoms with Gasteiger partial charge in [-0.3, -0.25) is 14.4 Å². The van der Waals surface area contributed by atoms with Gasteiger partial charge in [-0.1, -0.05) is 12.2 Å². The van der Waals surface area contributed by atoms with Crippen LogP contribution in [0.15, 0.2) is 12.2 Å². The Morgan fingerprint density at radius 1 is 1.12 bits per heavy atom. The molecule has 0 fully saturated rings. The molecule has 0 radical (unpaired) electrons. The molecule has 17 heavy (non-hydrogen) atoms. The SMILES string of the molecule is O=C(O)CCNC(=O)[C@@H]1CC=CC[C@@H]1C(=O)O. The van der Waals surface area contributed by atoms with E-state index < -0.39 is 23.8 Å². The van der Waals surface area contributed by atoms with Gasteiger partial charge >= 0.3 is 11.9 Å². The van der Waals surface area contributed by atoms with Crippen molar-refractivity contribution >= 4 is 17.8 Å². The zero-order valence-electron chi connectivity index (χ0n) is 9.26. The number of amides is 1. The van der Waals surface area contributed by atoms with Gasteiger partial charge in [0.05, 0.1) is 18.3 Å². The lowest BCUT2D eigenvalue weighted by Crippen LogP contribution is -2.39. The molecule has 1 amide bonds. The number of nitrogens with one attached hydrogen (secondary N) is 1. The van der Waals surface area contributed by atoms with Crippen LogP contribution in [0.2, 0.25) is 0 Å². The molecule has 3 N–H and O–H groups in total. The third kappa shape index (κ3) is 3.90. The summed E-state index contributed by atoms with van der Waals surface area (Å²) in [6.07, 6.45) is 4.09. The topological polar surface area (TPSA) is 104 Å². The Hall–Kier alpha value is -1.85. The number of carboxylic acid groups (broad SMARTS) is 2. The molecule has 0 aromatic heterocycles. The van der Waals surface area contributed by atoms with Crippen LogP contribution in [0.5, 0.6) is 0 Å². The summed E-state index contributed by atoms with van der Waals surface area (Å²) in [6.45, 7) is 0.0285. The smallest absolute Gasteiger partial charge is 0.307 e. The lowest BCUT2D eigenvalue weighted by Gasteiger charge is -2.24. The van der Waals surface area contributed by atoms with Crippen LogP contribution in [0.1, 0.15) is 19.3 Å². The summed E-state index contributed by atoms with van der Waals surface area (Å²) >= 11 is 0. The maximum atomic E-state index is 11.7. The Morgan fingerprint density at radius 2 is 1.71 bits per heavy atom. The van der Waals surface area contributed by atoms with Crippen LogP contribution >= 0.6 is 0 Å². The number of carbonyl (C=O) groups excluding carboxylic acids is 1. The van der Waals surface area contributed by atoms with Gasteiger partial charge in [-0.15, -0.1) is 0 Å². The Morgan fingerprint density at radius 3 is 2.24 bits per heavy atom. The molecule has 1 aliphatic carbocycles. The number of allylic oxidation sites excluding steroid dienone is 2. The highest BCUT2D eigenvalue weighted by molar-refractivity contribution is 5.85. The number of carbonyl (C=O) groups is 3. The number of rotatable bonds is 5. The van der Waals surface area contributed by atoms with Crippen molar-refractivity contribution in [2.45, 2.75) is 19.3 Å². The summed E-state index contributed by atoms with van der Waals surface area (Å²) in [4.78, 5) is 32.9. The van der Waals surface area contributed by atoms with Crippen molar-refractivity contribution in [3.05, 3.63) is 12.2 Å². The summed E-state index contributed by atoms with van der Waals surface area (Å²) in [6, 6.07) is 0. The summed E-state index contributed by atoms with van der Waals surface area (Å²) in [7, 11) is 0. The highest BCUT2D eigenvalue weighted by Crippen LogP contribution is 2.25. The first kappa shape index (κ1) is 13.2. The van der Waals surface area contributed by atoms with Gasteiger partial charge in [-0.25, -0.2) is 0 Å². The molecule has 6 nitrogen and oxygen atoms in total. The molecule has 0 heterocycles. The first-order valence-corrected chi connectivity index (χ1v) is 5.39. The number of hydrogen-bond acceptors (Lipinski definition) is 3. The van der Waals surface area contributed by atoms with Crippen molar-refractivity contribution < 1.29 is 24.6 Å². The fourth-order valence-corrected chi connectivity index (χ4v) is 1.80. The average Bonchev–Trinajstić information content (AvgIpc) is 2.28. The Balaban J connectivity index is 2.51. The van der Waals surface area contributed by atoms with E-state index in [9.17, 15) is 14.4 Å². The maximum absolute atomic E-state index is 11.7.